The van der Waals surface area contributed by atoms with Crippen LogP contribution in [0.5, 0.6) is 0 Å². The first kappa shape index (κ1) is 19.7. The maximum atomic E-state index is 12.7. The van der Waals surface area contributed by atoms with E-state index in [0.717, 1.165) is 16.8 Å². The molecule has 1 heterocycles. The fraction of sp³-hybridized carbons (Fsp3) is 0.333. The summed E-state index contributed by atoms with van der Waals surface area (Å²) in [5, 5.41) is 3.91. The van der Waals surface area contributed by atoms with E-state index in [1.807, 2.05) is 32.0 Å². The smallest absolute Gasteiger partial charge is 0.255 e. The van der Waals surface area contributed by atoms with Crippen LogP contribution in [0.15, 0.2) is 36.4 Å². The summed E-state index contributed by atoms with van der Waals surface area (Å²) in [6.45, 7) is 5.03. The number of likely N-dealkylation sites (tertiary alicyclic amines) is 1. The molecular weight excluding hydrogens is 383 g/mol. The number of nitrogens with one attached hydrogen (secondary N) is 1. The van der Waals surface area contributed by atoms with Crippen LogP contribution in [0.4, 0.5) is 5.69 Å². The molecule has 1 aliphatic heterocycles. The van der Waals surface area contributed by atoms with Crippen molar-refractivity contribution in [2.24, 2.45) is 5.92 Å². The number of para-hydroxylation sites is 1. The Labute approximate surface area is 169 Å². The predicted octanol–water partition coefficient (Wildman–Crippen LogP) is 5.10. The Morgan fingerprint density at radius 2 is 1.67 bits per heavy atom. The molecule has 0 bridgehead atoms. The molecule has 2 aromatic rings. The minimum atomic E-state index is -0.120. The first-order valence-corrected chi connectivity index (χ1v) is 9.74. The molecule has 3 rings (SSSR count). The Hall–Kier alpha value is -2.04. The van der Waals surface area contributed by atoms with E-state index in [-0.39, 0.29) is 17.7 Å². The van der Waals surface area contributed by atoms with Crippen LogP contribution in [-0.2, 0) is 4.79 Å². The van der Waals surface area contributed by atoms with E-state index >= 15 is 0 Å². The monoisotopic (exact) mass is 404 g/mol. The van der Waals surface area contributed by atoms with E-state index in [0.29, 0.717) is 41.5 Å². The highest BCUT2D eigenvalue weighted by Gasteiger charge is 2.29. The van der Waals surface area contributed by atoms with Crippen molar-refractivity contribution >= 4 is 40.7 Å². The van der Waals surface area contributed by atoms with Gasteiger partial charge in [0.1, 0.15) is 0 Å². The number of rotatable bonds is 3. The molecule has 27 heavy (non-hydrogen) atoms. The van der Waals surface area contributed by atoms with Crippen LogP contribution in [0, 0.1) is 19.8 Å². The molecule has 142 valence electrons. The van der Waals surface area contributed by atoms with Gasteiger partial charge >= 0.3 is 0 Å². The van der Waals surface area contributed by atoms with E-state index in [4.69, 9.17) is 23.2 Å². The summed E-state index contributed by atoms with van der Waals surface area (Å²) >= 11 is 12.0. The summed E-state index contributed by atoms with van der Waals surface area (Å²) in [4.78, 5) is 27.1. The molecule has 0 spiro atoms. The summed E-state index contributed by atoms with van der Waals surface area (Å²) in [7, 11) is 0. The first-order chi connectivity index (χ1) is 12.9. The Bertz CT molecular complexity index is 854. The predicted molar refractivity (Wildman–Crippen MR) is 110 cm³/mol. The number of halogens is 2. The Balaban J connectivity index is 1.61. The molecular formula is C21H22Cl2N2O2. The molecule has 0 aliphatic carbocycles. The molecule has 1 aliphatic rings. The topological polar surface area (TPSA) is 49.4 Å². The SMILES string of the molecule is Cc1cccc(C)c1NC(=O)C1CCN(C(=O)c2ccc(Cl)cc2Cl)CC1. The van der Waals surface area contributed by atoms with E-state index < -0.39 is 0 Å². The van der Waals surface area contributed by atoms with E-state index in [2.05, 4.69) is 5.32 Å². The van der Waals surface area contributed by atoms with Crippen molar-refractivity contribution in [2.75, 3.05) is 18.4 Å². The molecule has 0 aromatic heterocycles. The fourth-order valence-corrected chi connectivity index (χ4v) is 3.90. The summed E-state index contributed by atoms with van der Waals surface area (Å²) in [6, 6.07) is 10.8. The van der Waals surface area contributed by atoms with Gasteiger partial charge in [0.05, 0.1) is 10.6 Å². The Kier molecular flexibility index (Phi) is 6.08. The summed E-state index contributed by atoms with van der Waals surface area (Å²) in [5.74, 6) is -0.206. The third-order valence-corrected chi connectivity index (χ3v) is 5.59. The van der Waals surface area contributed by atoms with Crippen molar-refractivity contribution in [1.82, 2.24) is 4.90 Å². The zero-order chi connectivity index (χ0) is 19.6. The average Bonchev–Trinajstić information content (AvgIpc) is 2.64. The second-order valence-electron chi connectivity index (χ2n) is 6.95. The van der Waals surface area contributed by atoms with Crippen LogP contribution < -0.4 is 5.32 Å². The number of hydrogen-bond donors (Lipinski definition) is 1. The van der Waals surface area contributed by atoms with Crippen LogP contribution in [0.1, 0.15) is 34.3 Å². The number of hydrogen-bond acceptors (Lipinski definition) is 2. The Morgan fingerprint density at radius 1 is 1.04 bits per heavy atom. The molecule has 0 saturated carbocycles. The number of nitrogens with zero attached hydrogens (tertiary/aromatic N) is 1. The van der Waals surface area contributed by atoms with Gasteiger partial charge in [0.15, 0.2) is 0 Å². The van der Waals surface area contributed by atoms with Gasteiger partial charge in [-0.25, -0.2) is 0 Å². The molecule has 0 unspecified atom stereocenters. The maximum Gasteiger partial charge on any atom is 0.255 e. The van der Waals surface area contributed by atoms with Gasteiger partial charge in [-0.15, -0.1) is 0 Å². The van der Waals surface area contributed by atoms with Crippen molar-refractivity contribution in [3.05, 3.63) is 63.1 Å². The maximum absolute atomic E-state index is 12.7. The molecule has 2 amide bonds. The lowest BCUT2D eigenvalue weighted by molar-refractivity contribution is -0.121. The molecule has 0 atom stereocenters. The highest BCUT2D eigenvalue weighted by atomic mass is 35.5. The molecule has 6 heteroatoms. The van der Waals surface area contributed by atoms with Gasteiger partial charge in [-0.1, -0.05) is 41.4 Å². The largest absolute Gasteiger partial charge is 0.339 e. The molecule has 1 N–H and O–H groups in total. The van der Waals surface area contributed by atoms with Crippen molar-refractivity contribution in [2.45, 2.75) is 26.7 Å². The van der Waals surface area contributed by atoms with Gasteiger partial charge in [-0.05, 0) is 56.0 Å². The minimum Gasteiger partial charge on any atom is -0.339 e. The third kappa shape index (κ3) is 4.45. The lowest BCUT2D eigenvalue weighted by atomic mass is 9.95. The van der Waals surface area contributed by atoms with Crippen LogP contribution in [0.3, 0.4) is 0 Å². The molecule has 1 saturated heterocycles. The number of anilines is 1. The molecule has 1 fully saturated rings. The van der Waals surface area contributed by atoms with Gasteiger partial charge in [0.2, 0.25) is 5.91 Å². The summed E-state index contributed by atoms with van der Waals surface area (Å²) in [5.41, 5.74) is 3.43. The second kappa shape index (κ2) is 8.32. The zero-order valence-electron chi connectivity index (χ0n) is 15.4. The fourth-order valence-electron chi connectivity index (χ4n) is 3.41. The van der Waals surface area contributed by atoms with Gasteiger partial charge in [-0.2, -0.15) is 0 Å². The van der Waals surface area contributed by atoms with Gasteiger partial charge in [0.25, 0.3) is 5.91 Å². The quantitative estimate of drug-likeness (QED) is 0.772. The van der Waals surface area contributed by atoms with Crippen LogP contribution in [0.2, 0.25) is 10.0 Å². The number of benzene rings is 2. The standard InChI is InChI=1S/C21H22Cl2N2O2/c1-13-4-3-5-14(2)19(13)24-20(26)15-8-10-25(11-9-15)21(27)17-7-6-16(22)12-18(17)23/h3-7,12,15H,8-11H2,1-2H3,(H,24,26). The normalized spacial score (nSPS) is 14.9. The minimum absolute atomic E-state index is 0.0176. The van der Waals surface area contributed by atoms with Crippen LogP contribution in [-0.4, -0.2) is 29.8 Å². The zero-order valence-corrected chi connectivity index (χ0v) is 16.9. The van der Waals surface area contributed by atoms with Crippen LogP contribution in [0.25, 0.3) is 0 Å². The molecule has 0 radical (unpaired) electrons. The average molecular weight is 405 g/mol. The highest BCUT2D eigenvalue weighted by Crippen LogP contribution is 2.26. The third-order valence-electron chi connectivity index (χ3n) is 5.04. The second-order valence-corrected chi connectivity index (χ2v) is 7.79. The van der Waals surface area contributed by atoms with Crippen molar-refractivity contribution in [3.63, 3.8) is 0 Å². The first-order valence-electron chi connectivity index (χ1n) is 8.98. The van der Waals surface area contributed by atoms with Crippen LogP contribution >= 0.6 is 23.2 Å². The Morgan fingerprint density at radius 3 is 2.26 bits per heavy atom. The van der Waals surface area contributed by atoms with Crippen molar-refractivity contribution in [3.8, 4) is 0 Å². The molecule has 2 aromatic carbocycles. The van der Waals surface area contributed by atoms with Gasteiger partial charge < -0.3 is 10.2 Å². The van der Waals surface area contributed by atoms with Crippen molar-refractivity contribution in [1.29, 1.82) is 0 Å². The lowest BCUT2D eigenvalue weighted by Gasteiger charge is -2.31. The van der Waals surface area contributed by atoms with E-state index in [1.165, 1.54) is 0 Å². The van der Waals surface area contributed by atoms with Crippen molar-refractivity contribution < 1.29 is 9.59 Å². The van der Waals surface area contributed by atoms with Gasteiger partial charge in [-0.3, -0.25) is 9.59 Å². The number of piperidine rings is 1. The molecule has 4 nitrogen and oxygen atoms in total. The summed E-state index contributed by atoms with van der Waals surface area (Å²) in [6.07, 6.45) is 1.27. The number of carbonyl (C=O) groups excluding carboxylic acids is 2. The van der Waals surface area contributed by atoms with Gasteiger partial charge in [0, 0.05) is 29.7 Å². The highest BCUT2D eigenvalue weighted by molar-refractivity contribution is 6.36. The number of carbonyl (C=O) groups is 2. The number of amides is 2. The van der Waals surface area contributed by atoms with E-state index in [9.17, 15) is 9.59 Å². The van der Waals surface area contributed by atoms with E-state index in [1.54, 1.807) is 23.1 Å². The lowest BCUT2D eigenvalue weighted by Crippen LogP contribution is -2.41. The summed E-state index contributed by atoms with van der Waals surface area (Å²) < 4.78 is 0. The number of aryl methyl sites for hydroxylation is 2.